The van der Waals surface area contributed by atoms with E-state index in [4.69, 9.17) is 15.7 Å². The molecule has 1 fully saturated rings. The Morgan fingerprint density at radius 1 is 1.32 bits per heavy atom. The number of carbonyl (C=O) groups excluding carboxylic acids is 1. The van der Waals surface area contributed by atoms with Crippen molar-refractivity contribution in [3.8, 4) is 16.8 Å². The van der Waals surface area contributed by atoms with Crippen LogP contribution in [0, 0.1) is 24.2 Å². The maximum absolute atomic E-state index is 12.4. The van der Waals surface area contributed by atoms with Gasteiger partial charge >= 0.3 is 5.97 Å². The van der Waals surface area contributed by atoms with Crippen LogP contribution in [-0.2, 0) is 11.3 Å². The summed E-state index contributed by atoms with van der Waals surface area (Å²) in [6, 6.07) is 7.89. The van der Waals surface area contributed by atoms with Gasteiger partial charge in [0.15, 0.2) is 0 Å². The van der Waals surface area contributed by atoms with Crippen molar-refractivity contribution in [1.29, 1.82) is 5.26 Å². The molecule has 31 heavy (non-hydrogen) atoms. The smallest absolute Gasteiger partial charge is 0.348 e. The molecule has 0 radical (unpaired) electrons. The van der Waals surface area contributed by atoms with Gasteiger partial charge in [0.2, 0.25) is 0 Å². The van der Waals surface area contributed by atoms with Gasteiger partial charge in [-0.2, -0.15) is 5.26 Å². The van der Waals surface area contributed by atoms with Gasteiger partial charge in [0, 0.05) is 23.8 Å². The maximum Gasteiger partial charge on any atom is 0.348 e. The van der Waals surface area contributed by atoms with E-state index in [0.29, 0.717) is 33.5 Å². The molecule has 0 atom stereocenters. The SMILES string of the molecule is Cc1c(C(=O)OCC2CCN(Cc3cnc(-c4ccccn4)s3)CC2)sc(N)c1C#N. The molecule has 7 nitrogen and oxygen atoms in total. The van der Waals surface area contributed by atoms with Crippen molar-refractivity contribution in [3.63, 3.8) is 0 Å². The Labute approximate surface area is 189 Å². The third-order valence-corrected chi connectivity index (χ3v) is 7.55. The van der Waals surface area contributed by atoms with E-state index in [1.54, 1.807) is 24.5 Å². The fourth-order valence-corrected chi connectivity index (χ4v) is 5.50. The zero-order valence-corrected chi connectivity index (χ0v) is 18.8. The molecule has 0 aromatic carbocycles. The van der Waals surface area contributed by atoms with Crippen LogP contribution < -0.4 is 5.73 Å². The van der Waals surface area contributed by atoms with E-state index in [0.717, 1.165) is 54.5 Å². The summed E-state index contributed by atoms with van der Waals surface area (Å²) in [6.45, 7) is 4.93. The molecule has 4 heterocycles. The highest BCUT2D eigenvalue weighted by atomic mass is 32.1. The lowest BCUT2D eigenvalue weighted by molar-refractivity contribution is 0.0374. The normalized spacial score (nSPS) is 15.0. The van der Waals surface area contributed by atoms with Gasteiger partial charge in [0.05, 0.1) is 17.9 Å². The molecule has 3 aromatic heterocycles. The van der Waals surface area contributed by atoms with Gasteiger partial charge in [0.25, 0.3) is 0 Å². The van der Waals surface area contributed by atoms with Gasteiger partial charge in [-0.15, -0.1) is 22.7 Å². The highest BCUT2D eigenvalue weighted by Crippen LogP contribution is 2.31. The summed E-state index contributed by atoms with van der Waals surface area (Å²) in [5, 5.41) is 10.4. The minimum atomic E-state index is -0.384. The van der Waals surface area contributed by atoms with Crippen LogP contribution in [0.3, 0.4) is 0 Å². The van der Waals surface area contributed by atoms with Crippen LogP contribution in [0.1, 0.15) is 38.5 Å². The van der Waals surface area contributed by atoms with Crippen LogP contribution in [0.25, 0.3) is 10.7 Å². The average molecular weight is 454 g/mol. The van der Waals surface area contributed by atoms with E-state index in [-0.39, 0.29) is 5.97 Å². The Balaban J connectivity index is 1.25. The number of aromatic nitrogens is 2. The largest absolute Gasteiger partial charge is 0.461 e. The van der Waals surface area contributed by atoms with Gasteiger partial charge in [0.1, 0.15) is 21.0 Å². The average Bonchev–Trinajstić information content (AvgIpc) is 3.37. The molecule has 0 amide bonds. The third-order valence-electron chi connectivity index (χ3n) is 5.45. The van der Waals surface area contributed by atoms with Gasteiger partial charge < -0.3 is 10.5 Å². The molecule has 0 unspecified atom stereocenters. The highest BCUT2D eigenvalue weighted by Gasteiger charge is 2.24. The zero-order chi connectivity index (χ0) is 21.8. The summed E-state index contributed by atoms with van der Waals surface area (Å²) in [7, 11) is 0. The fourth-order valence-electron chi connectivity index (χ4n) is 3.65. The summed E-state index contributed by atoms with van der Waals surface area (Å²) in [5.41, 5.74) is 7.71. The number of pyridine rings is 1. The standard InChI is InChI=1S/C22H23N5O2S2/c1-14-17(10-23)20(24)31-19(14)22(28)29-13-15-5-8-27(9-6-15)12-16-11-26-21(30-16)18-4-2-3-7-25-18/h2-4,7,11,15H,5-6,8-9,12-13,24H2,1H3. The molecule has 160 valence electrons. The quantitative estimate of drug-likeness (QED) is 0.560. The van der Waals surface area contributed by atoms with Crippen LogP contribution >= 0.6 is 22.7 Å². The lowest BCUT2D eigenvalue weighted by atomic mass is 9.98. The number of nitrogens with zero attached hydrogens (tertiary/aromatic N) is 4. The Kier molecular flexibility index (Phi) is 6.61. The number of thiophene rings is 1. The minimum absolute atomic E-state index is 0.346. The number of rotatable bonds is 6. The summed E-state index contributed by atoms with van der Waals surface area (Å²) < 4.78 is 5.54. The molecule has 3 aromatic rings. The van der Waals surface area contributed by atoms with Gasteiger partial charge in [-0.25, -0.2) is 9.78 Å². The molecule has 2 N–H and O–H groups in total. The van der Waals surface area contributed by atoms with E-state index in [1.807, 2.05) is 30.5 Å². The van der Waals surface area contributed by atoms with Crippen LogP contribution in [0.15, 0.2) is 30.6 Å². The minimum Gasteiger partial charge on any atom is -0.461 e. The van der Waals surface area contributed by atoms with Gasteiger partial charge in [-0.05, 0) is 56.5 Å². The monoisotopic (exact) mass is 453 g/mol. The van der Waals surface area contributed by atoms with Crippen LogP contribution in [-0.4, -0.2) is 40.5 Å². The first-order valence-electron chi connectivity index (χ1n) is 10.1. The molecule has 0 saturated carbocycles. The first-order chi connectivity index (χ1) is 15.0. The number of carbonyl (C=O) groups is 1. The van der Waals surface area contributed by atoms with E-state index >= 15 is 0 Å². The van der Waals surface area contributed by atoms with Crippen molar-refractivity contribution < 1.29 is 9.53 Å². The number of ether oxygens (including phenoxy) is 1. The Morgan fingerprint density at radius 3 is 2.81 bits per heavy atom. The summed E-state index contributed by atoms with van der Waals surface area (Å²) in [6.07, 6.45) is 5.68. The Bertz CT molecular complexity index is 1100. The van der Waals surface area contributed by atoms with E-state index in [9.17, 15) is 4.79 Å². The summed E-state index contributed by atoms with van der Waals surface area (Å²) in [4.78, 5) is 25.4. The lowest BCUT2D eigenvalue weighted by Gasteiger charge is -2.31. The van der Waals surface area contributed by atoms with Crippen molar-refractivity contribution in [1.82, 2.24) is 14.9 Å². The number of hydrogen-bond acceptors (Lipinski definition) is 9. The number of hydrogen-bond donors (Lipinski definition) is 1. The number of nitrogen functional groups attached to an aromatic ring is 1. The Morgan fingerprint density at radius 2 is 2.13 bits per heavy atom. The second-order valence-electron chi connectivity index (χ2n) is 7.57. The first kappa shape index (κ1) is 21.4. The molecule has 0 bridgehead atoms. The number of anilines is 1. The van der Waals surface area contributed by atoms with Gasteiger partial charge in [-0.3, -0.25) is 9.88 Å². The highest BCUT2D eigenvalue weighted by molar-refractivity contribution is 7.18. The Hall–Kier alpha value is -2.80. The topological polar surface area (TPSA) is 105 Å². The number of likely N-dealkylation sites (tertiary alicyclic amines) is 1. The van der Waals surface area contributed by atoms with Crippen molar-refractivity contribution in [2.75, 3.05) is 25.4 Å². The number of nitrogens with two attached hydrogens (primary N) is 1. The molecule has 1 saturated heterocycles. The predicted molar refractivity (Wildman–Crippen MR) is 122 cm³/mol. The second-order valence-corrected chi connectivity index (χ2v) is 9.74. The molecular formula is C22H23N5O2S2. The van der Waals surface area contributed by atoms with E-state index in [1.165, 1.54) is 4.88 Å². The van der Waals surface area contributed by atoms with E-state index < -0.39 is 0 Å². The van der Waals surface area contributed by atoms with Crippen LogP contribution in [0.2, 0.25) is 0 Å². The molecule has 0 spiro atoms. The summed E-state index contributed by atoms with van der Waals surface area (Å²) >= 11 is 2.81. The fraction of sp³-hybridized carbons (Fsp3) is 0.364. The third kappa shape index (κ3) is 4.93. The number of thiazole rings is 1. The number of esters is 1. The zero-order valence-electron chi connectivity index (χ0n) is 17.2. The molecule has 1 aliphatic rings. The van der Waals surface area contributed by atoms with Gasteiger partial charge in [-0.1, -0.05) is 6.07 Å². The molecular weight excluding hydrogens is 430 g/mol. The first-order valence-corrected chi connectivity index (χ1v) is 11.7. The molecule has 0 aliphatic carbocycles. The predicted octanol–water partition coefficient (Wildman–Crippen LogP) is 4.10. The number of piperidine rings is 1. The molecule has 1 aliphatic heterocycles. The second kappa shape index (κ2) is 9.56. The molecule has 4 rings (SSSR count). The molecule has 9 heteroatoms. The van der Waals surface area contributed by atoms with E-state index in [2.05, 4.69) is 14.9 Å². The number of nitriles is 1. The van der Waals surface area contributed by atoms with Crippen molar-refractivity contribution in [2.24, 2.45) is 5.92 Å². The van der Waals surface area contributed by atoms with Crippen molar-refractivity contribution in [3.05, 3.63) is 51.5 Å². The lowest BCUT2D eigenvalue weighted by Crippen LogP contribution is -2.34. The van der Waals surface area contributed by atoms with Crippen LogP contribution in [0.5, 0.6) is 0 Å². The maximum atomic E-state index is 12.4. The summed E-state index contributed by atoms with van der Waals surface area (Å²) in [5.74, 6) is -0.0383. The van der Waals surface area contributed by atoms with Crippen molar-refractivity contribution >= 4 is 33.6 Å². The van der Waals surface area contributed by atoms with Crippen LogP contribution in [0.4, 0.5) is 5.00 Å². The van der Waals surface area contributed by atoms with Crippen molar-refractivity contribution in [2.45, 2.75) is 26.3 Å².